The summed E-state index contributed by atoms with van der Waals surface area (Å²) < 4.78 is 0. The highest BCUT2D eigenvalue weighted by atomic mass is 14.8. The highest BCUT2D eigenvalue weighted by molar-refractivity contribution is 5.80. The Balaban J connectivity index is 2.18. The highest BCUT2D eigenvalue weighted by Gasteiger charge is 2.23. The number of rotatable bonds is 0. The number of hydrogen-bond acceptors (Lipinski definition) is 2. The van der Waals surface area contributed by atoms with Gasteiger partial charge >= 0.3 is 11.4 Å². The molecule has 2 aromatic carbocycles. The summed E-state index contributed by atoms with van der Waals surface area (Å²) in [5.41, 5.74) is 5.68. The maximum Gasteiger partial charge on any atom is 0.385 e. The topological polar surface area (TPSA) is 56.3 Å². The molecule has 78 valence electrons. The Bertz CT molecular complexity index is 643. The standard InChI is InChI=1S/C13H8N4/c14-16-10-1-3-12-8(6-10)5-9-7-11(17-15)2-4-13(9)12/h1-4,6-7H,5H2/q+2. The molecule has 0 unspecified atom stereocenters. The van der Waals surface area contributed by atoms with Crippen LogP contribution in [-0.4, -0.2) is 0 Å². The monoisotopic (exact) mass is 220 g/mol. The summed E-state index contributed by atoms with van der Waals surface area (Å²) >= 11 is 0. The highest BCUT2D eigenvalue weighted by Crippen LogP contribution is 2.39. The average molecular weight is 220 g/mol. The van der Waals surface area contributed by atoms with Gasteiger partial charge in [0.25, 0.3) is 0 Å². The Kier molecular flexibility index (Phi) is 1.90. The van der Waals surface area contributed by atoms with Gasteiger partial charge in [-0.3, -0.25) is 0 Å². The molecule has 0 atom stereocenters. The predicted molar refractivity (Wildman–Crippen MR) is 64.2 cm³/mol. The van der Waals surface area contributed by atoms with Gasteiger partial charge in [0, 0.05) is 24.3 Å². The van der Waals surface area contributed by atoms with Crippen molar-refractivity contribution in [3.8, 4) is 11.1 Å². The SMILES string of the molecule is N#[N+]c1ccc2c(c1)Cc1cc([N+]#N)ccc1-2. The van der Waals surface area contributed by atoms with Crippen LogP contribution < -0.4 is 0 Å². The summed E-state index contributed by atoms with van der Waals surface area (Å²) in [6.07, 6.45) is 0.775. The van der Waals surface area contributed by atoms with Gasteiger partial charge in [-0.15, -0.1) is 0 Å². The van der Waals surface area contributed by atoms with E-state index in [4.69, 9.17) is 10.8 Å². The number of fused-ring (bicyclic) bond motifs is 3. The molecule has 0 saturated carbocycles. The molecular weight excluding hydrogens is 212 g/mol. The molecule has 3 rings (SSSR count). The first kappa shape index (κ1) is 9.50. The van der Waals surface area contributed by atoms with E-state index in [0.29, 0.717) is 11.4 Å². The van der Waals surface area contributed by atoms with Crippen LogP contribution in [0.3, 0.4) is 0 Å². The van der Waals surface area contributed by atoms with Gasteiger partial charge in [-0.1, -0.05) is 0 Å². The molecule has 0 spiro atoms. The van der Waals surface area contributed by atoms with E-state index in [-0.39, 0.29) is 0 Å². The molecule has 0 bridgehead atoms. The fourth-order valence-corrected chi connectivity index (χ4v) is 2.31. The van der Waals surface area contributed by atoms with Crippen molar-refractivity contribution in [3.05, 3.63) is 57.5 Å². The van der Waals surface area contributed by atoms with Crippen LogP contribution in [0.5, 0.6) is 0 Å². The molecule has 4 heteroatoms. The van der Waals surface area contributed by atoms with E-state index in [2.05, 4.69) is 9.95 Å². The summed E-state index contributed by atoms with van der Waals surface area (Å²) in [7, 11) is 0. The third-order valence-corrected chi connectivity index (χ3v) is 3.08. The second kappa shape index (κ2) is 3.40. The van der Waals surface area contributed by atoms with Crippen molar-refractivity contribution in [1.29, 1.82) is 10.8 Å². The lowest BCUT2D eigenvalue weighted by molar-refractivity contribution is 1.26. The summed E-state index contributed by atoms with van der Waals surface area (Å²) in [5, 5.41) is 17.5. The van der Waals surface area contributed by atoms with Crippen LogP contribution in [-0.2, 0) is 6.42 Å². The molecule has 0 fully saturated rings. The van der Waals surface area contributed by atoms with Gasteiger partial charge in [-0.2, -0.15) is 0 Å². The molecule has 0 saturated heterocycles. The Morgan fingerprint density at radius 1 is 0.765 bits per heavy atom. The van der Waals surface area contributed by atoms with Crippen LogP contribution in [0.2, 0.25) is 0 Å². The van der Waals surface area contributed by atoms with Crippen molar-refractivity contribution in [2.24, 2.45) is 0 Å². The Morgan fingerprint density at radius 3 is 1.65 bits per heavy atom. The Morgan fingerprint density at radius 2 is 1.24 bits per heavy atom. The molecule has 0 aromatic heterocycles. The smallest absolute Gasteiger partial charge is 0.0460 e. The van der Waals surface area contributed by atoms with E-state index in [1.165, 1.54) is 0 Å². The molecule has 1 aliphatic rings. The maximum absolute atomic E-state index is 8.74. The maximum atomic E-state index is 8.74. The molecule has 4 nitrogen and oxygen atoms in total. The Hall–Kier alpha value is -2.72. The molecular formula is C13H8N4+2. The minimum Gasteiger partial charge on any atom is -0.0460 e. The van der Waals surface area contributed by atoms with E-state index in [9.17, 15) is 0 Å². The van der Waals surface area contributed by atoms with Gasteiger partial charge in [-0.05, 0) is 40.8 Å². The minimum absolute atomic E-state index is 0.559. The van der Waals surface area contributed by atoms with Gasteiger partial charge in [0.2, 0.25) is 10.8 Å². The summed E-state index contributed by atoms with van der Waals surface area (Å²) in [6, 6.07) is 11.2. The largest absolute Gasteiger partial charge is 0.385 e. The van der Waals surface area contributed by atoms with Crippen LogP contribution >= 0.6 is 0 Å². The van der Waals surface area contributed by atoms with E-state index < -0.39 is 0 Å². The fraction of sp³-hybridized carbons (Fsp3) is 0.0769. The van der Waals surface area contributed by atoms with Crippen molar-refractivity contribution < 1.29 is 0 Å². The minimum atomic E-state index is 0.559. The van der Waals surface area contributed by atoms with Crippen LogP contribution in [0.1, 0.15) is 11.1 Å². The fourth-order valence-electron chi connectivity index (χ4n) is 2.31. The van der Waals surface area contributed by atoms with E-state index in [1.807, 2.05) is 24.3 Å². The average Bonchev–Trinajstić information content (AvgIpc) is 2.74. The van der Waals surface area contributed by atoms with Gasteiger partial charge in [-0.25, -0.2) is 0 Å². The van der Waals surface area contributed by atoms with Gasteiger partial charge in [0.1, 0.15) is 0 Å². The molecule has 2 aromatic rings. The number of nitrogens with zero attached hydrogens (tertiary/aromatic N) is 4. The zero-order valence-corrected chi connectivity index (χ0v) is 8.96. The van der Waals surface area contributed by atoms with E-state index in [0.717, 1.165) is 28.7 Å². The summed E-state index contributed by atoms with van der Waals surface area (Å²) in [5.74, 6) is 0. The van der Waals surface area contributed by atoms with Crippen LogP contribution in [0.4, 0.5) is 11.4 Å². The third-order valence-electron chi connectivity index (χ3n) is 3.08. The van der Waals surface area contributed by atoms with E-state index in [1.54, 1.807) is 12.1 Å². The first-order valence-electron chi connectivity index (χ1n) is 5.28. The van der Waals surface area contributed by atoms with Crippen molar-refractivity contribution in [1.82, 2.24) is 0 Å². The first-order valence-corrected chi connectivity index (χ1v) is 5.28. The summed E-state index contributed by atoms with van der Waals surface area (Å²) in [4.78, 5) is 6.37. The van der Waals surface area contributed by atoms with Crippen molar-refractivity contribution in [2.75, 3.05) is 0 Å². The Labute approximate surface area is 97.8 Å². The molecule has 0 radical (unpaired) electrons. The normalized spacial score (nSPS) is 11.2. The molecule has 0 N–H and O–H groups in total. The number of diazo groups is 2. The molecule has 1 aliphatic carbocycles. The lowest BCUT2D eigenvalue weighted by Gasteiger charge is -1.96. The predicted octanol–water partition coefficient (Wildman–Crippen LogP) is 4.23. The quantitative estimate of drug-likeness (QED) is 0.532. The van der Waals surface area contributed by atoms with Gasteiger partial charge < -0.3 is 0 Å². The second-order valence-electron chi connectivity index (χ2n) is 4.06. The zero-order valence-electron chi connectivity index (χ0n) is 8.96. The van der Waals surface area contributed by atoms with Crippen LogP contribution in [0.15, 0.2) is 36.4 Å². The molecule has 0 amide bonds. The van der Waals surface area contributed by atoms with Gasteiger partial charge in [0.15, 0.2) is 9.95 Å². The number of hydrogen-bond donors (Lipinski definition) is 0. The van der Waals surface area contributed by atoms with Crippen LogP contribution in [0.25, 0.3) is 21.1 Å². The lowest BCUT2D eigenvalue weighted by atomic mass is 10.1. The lowest BCUT2D eigenvalue weighted by Crippen LogP contribution is -1.78. The second-order valence-corrected chi connectivity index (χ2v) is 4.06. The zero-order chi connectivity index (χ0) is 11.8. The molecule has 17 heavy (non-hydrogen) atoms. The number of benzene rings is 2. The summed E-state index contributed by atoms with van der Waals surface area (Å²) in [6.45, 7) is 0. The van der Waals surface area contributed by atoms with Gasteiger partial charge in [0.05, 0.1) is 0 Å². The van der Waals surface area contributed by atoms with Crippen molar-refractivity contribution in [2.45, 2.75) is 6.42 Å². The van der Waals surface area contributed by atoms with Crippen LogP contribution in [0, 0.1) is 10.8 Å². The van der Waals surface area contributed by atoms with Crippen molar-refractivity contribution >= 4 is 11.4 Å². The molecule has 0 aliphatic heterocycles. The molecule has 0 heterocycles. The van der Waals surface area contributed by atoms with Crippen molar-refractivity contribution in [3.63, 3.8) is 0 Å². The van der Waals surface area contributed by atoms with E-state index >= 15 is 0 Å². The third kappa shape index (κ3) is 1.36. The first-order chi connectivity index (χ1) is 8.31.